The fourth-order valence-corrected chi connectivity index (χ4v) is 3.90. The highest BCUT2D eigenvalue weighted by molar-refractivity contribution is 5.83. The molecule has 0 saturated carbocycles. The third-order valence-electron chi connectivity index (χ3n) is 5.68. The van der Waals surface area contributed by atoms with Crippen LogP contribution in [0.3, 0.4) is 0 Å². The molecule has 5 heteroatoms. The zero-order valence-electron chi connectivity index (χ0n) is 16.3. The summed E-state index contributed by atoms with van der Waals surface area (Å²) < 4.78 is 1.62. The highest BCUT2D eigenvalue weighted by atomic mass is 16.1. The number of fused-ring (bicyclic) bond motifs is 1. The van der Waals surface area contributed by atoms with Crippen molar-refractivity contribution in [2.24, 2.45) is 0 Å². The number of hydrogen-bond acceptors (Lipinski definition) is 4. The van der Waals surface area contributed by atoms with Gasteiger partial charge in [0.25, 0.3) is 5.56 Å². The molecule has 4 rings (SSSR count). The molecule has 2 heterocycles. The Bertz CT molecular complexity index is 1030. The molecule has 0 spiro atoms. The van der Waals surface area contributed by atoms with Crippen molar-refractivity contribution in [3.8, 4) is 0 Å². The number of aryl methyl sites for hydroxylation is 2. The molecule has 0 aliphatic carbocycles. The fourth-order valence-electron chi connectivity index (χ4n) is 3.90. The van der Waals surface area contributed by atoms with E-state index in [1.165, 1.54) is 16.8 Å². The molecular formula is C22H26N4O. The van der Waals surface area contributed by atoms with Crippen LogP contribution in [0.15, 0.2) is 47.3 Å². The maximum absolute atomic E-state index is 12.8. The molecule has 0 radical (unpaired) electrons. The Morgan fingerprint density at radius 3 is 2.33 bits per heavy atom. The average molecular weight is 362 g/mol. The summed E-state index contributed by atoms with van der Waals surface area (Å²) in [6, 6.07) is 14.2. The molecule has 0 N–H and O–H groups in total. The highest BCUT2D eigenvalue weighted by Crippen LogP contribution is 2.24. The van der Waals surface area contributed by atoms with Crippen LogP contribution < -0.4 is 10.5 Å². The predicted octanol–water partition coefficient (Wildman–Crippen LogP) is 3.10. The van der Waals surface area contributed by atoms with Crippen molar-refractivity contribution in [3.63, 3.8) is 0 Å². The number of rotatable bonds is 3. The van der Waals surface area contributed by atoms with E-state index in [4.69, 9.17) is 0 Å². The molecule has 0 unspecified atom stereocenters. The zero-order valence-corrected chi connectivity index (χ0v) is 16.3. The lowest BCUT2D eigenvalue weighted by Crippen LogP contribution is -2.48. The van der Waals surface area contributed by atoms with E-state index >= 15 is 0 Å². The molecule has 3 aromatic rings. The van der Waals surface area contributed by atoms with Crippen molar-refractivity contribution in [2.45, 2.75) is 27.4 Å². The van der Waals surface area contributed by atoms with Gasteiger partial charge in [0.1, 0.15) is 0 Å². The van der Waals surface area contributed by atoms with Crippen LogP contribution in [0.2, 0.25) is 0 Å². The molecule has 1 aromatic heterocycles. The Kier molecular flexibility index (Phi) is 4.70. The Morgan fingerprint density at radius 1 is 0.889 bits per heavy atom. The number of anilines is 1. The first-order chi connectivity index (χ1) is 13.0. The summed E-state index contributed by atoms with van der Waals surface area (Å²) in [7, 11) is 0. The molecule has 1 aliphatic rings. The van der Waals surface area contributed by atoms with E-state index in [0.29, 0.717) is 6.67 Å². The fraction of sp³-hybridized carbons (Fsp3) is 0.364. The Hall–Kier alpha value is -2.66. The molecule has 0 atom stereocenters. The highest BCUT2D eigenvalue weighted by Gasteiger charge is 2.20. The lowest BCUT2D eigenvalue weighted by Gasteiger charge is -2.37. The van der Waals surface area contributed by atoms with Gasteiger partial charge in [-0.3, -0.25) is 9.69 Å². The van der Waals surface area contributed by atoms with Crippen LogP contribution in [-0.2, 0) is 6.67 Å². The van der Waals surface area contributed by atoms with E-state index in [1.807, 2.05) is 31.2 Å². The Balaban J connectivity index is 1.50. The molecule has 1 saturated heterocycles. The summed E-state index contributed by atoms with van der Waals surface area (Å²) in [5.74, 6) is 0. The van der Waals surface area contributed by atoms with Gasteiger partial charge in [-0.05, 0) is 44.0 Å². The van der Waals surface area contributed by atoms with Gasteiger partial charge in [0.05, 0.1) is 17.7 Å². The van der Waals surface area contributed by atoms with Crippen molar-refractivity contribution in [2.75, 3.05) is 31.1 Å². The topological polar surface area (TPSA) is 41.4 Å². The number of hydrogen-bond donors (Lipinski definition) is 0. The van der Waals surface area contributed by atoms with Gasteiger partial charge in [0, 0.05) is 37.3 Å². The third kappa shape index (κ3) is 3.35. The minimum Gasteiger partial charge on any atom is -0.369 e. The van der Waals surface area contributed by atoms with Crippen LogP contribution in [0.5, 0.6) is 0 Å². The molecule has 1 aliphatic heterocycles. The van der Waals surface area contributed by atoms with Crippen LogP contribution in [-0.4, -0.2) is 40.9 Å². The molecule has 1 fully saturated rings. The Morgan fingerprint density at radius 2 is 1.59 bits per heavy atom. The molecule has 0 bridgehead atoms. The molecule has 5 nitrogen and oxygen atoms in total. The summed E-state index contributed by atoms with van der Waals surface area (Å²) >= 11 is 0. The number of benzene rings is 2. The van der Waals surface area contributed by atoms with E-state index in [2.05, 4.69) is 46.9 Å². The molecule has 27 heavy (non-hydrogen) atoms. The van der Waals surface area contributed by atoms with Gasteiger partial charge in [-0.1, -0.05) is 30.3 Å². The van der Waals surface area contributed by atoms with E-state index in [9.17, 15) is 4.79 Å². The number of piperazine rings is 1. The van der Waals surface area contributed by atoms with Crippen LogP contribution in [0.1, 0.15) is 16.8 Å². The minimum absolute atomic E-state index is 0.00633. The zero-order chi connectivity index (χ0) is 19.0. The van der Waals surface area contributed by atoms with E-state index < -0.39 is 0 Å². The van der Waals surface area contributed by atoms with Crippen LogP contribution in [0.4, 0.5) is 5.69 Å². The van der Waals surface area contributed by atoms with Gasteiger partial charge < -0.3 is 4.90 Å². The molecule has 2 aromatic carbocycles. The van der Waals surface area contributed by atoms with E-state index in [-0.39, 0.29) is 5.56 Å². The Labute approximate surface area is 159 Å². The average Bonchev–Trinajstić information content (AvgIpc) is 2.69. The van der Waals surface area contributed by atoms with Gasteiger partial charge in [-0.15, -0.1) is 0 Å². The normalized spacial score (nSPS) is 15.4. The summed E-state index contributed by atoms with van der Waals surface area (Å²) in [6.45, 7) is 10.6. The maximum atomic E-state index is 12.8. The molecule has 140 valence electrons. The smallest absolute Gasteiger partial charge is 0.275 e. The second kappa shape index (κ2) is 7.16. The third-order valence-corrected chi connectivity index (χ3v) is 5.68. The van der Waals surface area contributed by atoms with Gasteiger partial charge >= 0.3 is 0 Å². The van der Waals surface area contributed by atoms with Crippen LogP contribution >= 0.6 is 0 Å². The quantitative estimate of drug-likeness (QED) is 0.718. The minimum atomic E-state index is -0.00633. The summed E-state index contributed by atoms with van der Waals surface area (Å²) in [4.78, 5) is 17.5. The van der Waals surface area contributed by atoms with Gasteiger partial charge in [-0.2, -0.15) is 5.10 Å². The summed E-state index contributed by atoms with van der Waals surface area (Å²) in [6.07, 6.45) is 0. The van der Waals surface area contributed by atoms with Crippen molar-refractivity contribution in [1.29, 1.82) is 0 Å². The second-order valence-electron chi connectivity index (χ2n) is 7.40. The van der Waals surface area contributed by atoms with E-state index in [0.717, 1.165) is 42.6 Å². The van der Waals surface area contributed by atoms with Crippen molar-refractivity contribution < 1.29 is 0 Å². The maximum Gasteiger partial charge on any atom is 0.275 e. The SMILES string of the molecule is Cc1cccc(N2CCN(Cn3nc(C)c4ccccc4c3=O)CC2)c1C. The predicted molar refractivity (Wildman–Crippen MR) is 110 cm³/mol. The second-order valence-corrected chi connectivity index (χ2v) is 7.40. The lowest BCUT2D eigenvalue weighted by atomic mass is 10.1. The van der Waals surface area contributed by atoms with Crippen molar-refractivity contribution in [3.05, 3.63) is 69.6 Å². The molecular weight excluding hydrogens is 336 g/mol. The van der Waals surface area contributed by atoms with Crippen molar-refractivity contribution >= 4 is 16.5 Å². The first kappa shape index (κ1) is 17.7. The van der Waals surface area contributed by atoms with Gasteiger partial charge in [0.15, 0.2) is 0 Å². The number of aromatic nitrogens is 2. The number of nitrogens with zero attached hydrogens (tertiary/aromatic N) is 4. The van der Waals surface area contributed by atoms with Crippen LogP contribution in [0.25, 0.3) is 10.8 Å². The molecule has 0 amide bonds. The van der Waals surface area contributed by atoms with Gasteiger partial charge in [-0.25, -0.2) is 4.68 Å². The largest absolute Gasteiger partial charge is 0.369 e. The van der Waals surface area contributed by atoms with Crippen LogP contribution in [0, 0.1) is 20.8 Å². The van der Waals surface area contributed by atoms with Gasteiger partial charge in [0.2, 0.25) is 0 Å². The summed E-state index contributed by atoms with van der Waals surface area (Å²) in [5, 5.41) is 6.24. The standard InChI is InChI=1S/C22H26N4O/c1-16-7-6-10-21(17(16)2)25-13-11-24(12-14-25)15-26-22(27)20-9-5-4-8-19(20)18(3)23-26/h4-10H,11-15H2,1-3H3. The lowest BCUT2D eigenvalue weighted by molar-refractivity contribution is 0.191. The van der Waals surface area contributed by atoms with E-state index in [1.54, 1.807) is 4.68 Å². The van der Waals surface area contributed by atoms with Crippen molar-refractivity contribution in [1.82, 2.24) is 14.7 Å². The first-order valence-electron chi connectivity index (χ1n) is 9.54. The first-order valence-corrected chi connectivity index (χ1v) is 9.54. The monoisotopic (exact) mass is 362 g/mol. The summed E-state index contributed by atoms with van der Waals surface area (Å²) in [5.41, 5.74) is 4.91.